The molecule has 1 aliphatic carbocycles. The average molecular weight is 424 g/mol. The van der Waals surface area contributed by atoms with Crippen molar-refractivity contribution in [3.63, 3.8) is 0 Å². The Morgan fingerprint density at radius 3 is 2.53 bits per heavy atom. The molecule has 0 saturated heterocycles. The van der Waals surface area contributed by atoms with E-state index in [1.807, 2.05) is 42.5 Å². The fraction of sp³-hybridized carbons (Fsp3) is 0.250. The number of carbonyl (C=O) groups excluding carboxylic acids is 1. The van der Waals surface area contributed by atoms with Crippen LogP contribution < -0.4 is 9.47 Å². The van der Waals surface area contributed by atoms with Gasteiger partial charge in [-0.25, -0.2) is 9.78 Å². The topological polar surface area (TPSA) is 57.7 Å². The van der Waals surface area contributed by atoms with Crippen molar-refractivity contribution in [1.82, 2.24) is 4.98 Å². The molecule has 4 rings (SSSR count). The molecule has 0 unspecified atom stereocenters. The van der Waals surface area contributed by atoms with Crippen molar-refractivity contribution in [3.8, 4) is 22.8 Å². The molecule has 1 heterocycles. The van der Waals surface area contributed by atoms with E-state index in [1.165, 1.54) is 20.0 Å². The van der Waals surface area contributed by atoms with Crippen LogP contribution in [-0.2, 0) is 11.3 Å². The van der Waals surface area contributed by atoms with E-state index < -0.39 is 0 Å². The lowest BCUT2D eigenvalue weighted by atomic mass is 10.1. The van der Waals surface area contributed by atoms with Crippen molar-refractivity contribution in [1.29, 1.82) is 0 Å². The molecule has 1 aromatic heterocycles. The summed E-state index contributed by atoms with van der Waals surface area (Å²) in [6.07, 6.45) is 4.25. The zero-order valence-corrected chi connectivity index (χ0v) is 17.4. The number of methoxy groups -OCH3 is 1. The molecule has 6 heteroatoms. The van der Waals surface area contributed by atoms with E-state index in [0.29, 0.717) is 34.7 Å². The van der Waals surface area contributed by atoms with Crippen LogP contribution in [0.1, 0.15) is 28.8 Å². The van der Waals surface area contributed by atoms with Gasteiger partial charge in [-0.15, -0.1) is 0 Å². The Hall–Kier alpha value is -3.05. The summed E-state index contributed by atoms with van der Waals surface area (Å²) in [5.41, 5.74) is 3.19. The number of benzene rings is 2. The van der Waals surface area contributed by atoms with Gasteiger partial charge in [0.15, 0.2) is 0 Å². The summed E-state index contributed by atoms with van der Waals surface area (Å²) >= 11 is 6.40. The Morgan fingerprint density at radius 2 is 1.87 bits per heavy atom. The minimum atomic E-state index is -0.359. The van der Waals surface area contributed by atoms with Gasteiger partial charge in [-0.3, -0.25) is 0 Å². The van der Waals surface area contributed by atoms with Gasteiger partial charge in [-0.05, 0) is 60.7 Å². The molecular formula is C24H22ClNO4. The van der Waals surface area contributed by atoms with Crippen LogP contribution in [0.5, 0.6) is 11.6 Å². The quantitative estimate of drug-likeness (QED) is 0.444. The molecular weight excluding hydrogens is 402 g/mol. The predicted octanol–water partition coefficient (Wildman–Crippen LogP) is 5.56. The van der Waals surface area contributed by atoms with Crippen molar-refractivity contribution in [2.24, 2.45) is 5.92 Å². The first-order valence-corrected chi connectivity index (χ1v) is 10.2. The Balaban J connectivity index is 1.41. The Kier molecular flexibility index (Phi) is 6.19. The van der Waals surface area contributed by atoms with E-state index in [2.05, 4.69) is 4.98 Å². The molecule has 1 aliphatic rings. The monoisotopic (exact) mass is 423 g/mol. The van der Waals surface area contributed by atoms with Gasteiger partial charge in [-0.1, -0.05) is 23.7 Å². The maximum Gasteiger partial charge on any atom is 0.337 e. The number of nitrogens with zero attached hydrogens (tertiary/aromatic N) is 1. The van der Waals surface area contributed by atoms with Gasteiger partial charge in [-0.2, -0.15) is 0 Å². The fourth-order valence-electron chi connectivity index (χ4n) is 2.95. The third-order valence-corrected chi connectivity index (χ3v) is 5.26. The number of hydrogen-bond acceptors (Lipinski definition) is 5. The predicted molar refractivity (Wildman–Crippen MR) is 115 cm³/mol. The highest BCUT2D eigenvalue weighted by Gasteiger charge is 2.22. The largest absolute Gasteiger partial charge is 0.489 e. The van der Waals surface area contributed by atoms with Crippen LogP contribution in [0.25, 0.3) is 11.1 Å². The van der Waals surface area contributed by atoms with Gasteiger partial charge in [0.1, 0.15) is 12.4 Å². The van der Waals surface area contributed by atoms with Gasteiger partial charge < -0.3 is 14.2 Å². The van der Waals surface area contributed by atoms with E-state index in [-0.39, 0.29) is 5.97 Å². The first-order valence-electron chi connectivity index (χ1n) is 9.81. The SMILES string of the molecule is COC(=O)c1ccc(COc2ccc(Cl)c(-c3ccc(OCC4CC4)nc3)c2)cc1. The molecule has 0 aliphatic heterocycles. The third kappa shape index (κ3) is 5.10. The lowest BCUT2D eigenvalue weighted by Crippen LogP contribution is -2.02. The number of hydrogen-bond donors (Lipinski definition) is 0. The van der Waals surface area contributed by atoms with Crippen LogP contribution in [-0.4, -0.2) is 24.7 Å². The molecule has 30 heavy (non-hydrogen) atoms. The molecule has 0 atom stereocenters. The van der Waals surface area contributed by atoms with Gasteiger partial charge in [0.2, 0.25) is 5.88 Å². The van der Waals surface area contributed by atoms with Crippen molar-refractivity contribution in [2.45, 2.75) is 19.4 Å². The first-order chi connectivity index (χ1) is 14.6. The summed E-state index contributed by atoms with van der Waals surface area (Å²) in [7, 11) is 1.36. The van der Waals surface area contributed by atoms with E-state index in [9.17, 15) is 4.79 Å². The fourth-order valence-corrected chi connectivity index (χ4v) is 3.18. The number of aromatic nitrogens is 1. The molecule has 3 aromatic rings. The zero-order chi connectivity index (χ0) is 20.9. The Morgan fingerprint density at radius 1 is 1.07 bits per heavy atom. The first kappa shape index (κ1) is 20.2. The van der Waals surface area contributed by atoms with Gasteiger partial charge in [0.25, 0.3) is 0 Å². The third-order valence-electron chi connectivity index (χ3n) is 4.93. The lowest BCUT2D eigenvalue weighted by Gasteiger charge is -2.11. The van der Waals surface area contributed by atoms with Crippen LogP contribution >= 0.6 is 11.6 Å². The van der Waals surface area contributed by atoms with Crippen LogP contribution in [0.2, 0.25) is 5.02 Å². The highest BCUT2D eigenvalue weighted by molar-refractivity contribution is 6.33. The summed E-state index contributed by atoms with van der Waals surface area (Å²) in [4.78, 5) is 15.9. The van der Waals surface area contributed by atoms with Gasteiger partial charge in [0, 0.05) is 28.4 Å². The summed E-state index contributed by atoms with van der Waals surface area (Å²) in [6, 6.07) is 16.5. The normalized spacial score (nSPS) is 13.0. The molecule has 0 radical (unpaired) electrons. The van der Waals surface area contributed by atoms with Crippen molar-refractivity contribution >= 4 is 17.6 Å². The van der Waals surface area contributed by atoms with Crippen molar-refractivity contribution in [3.05, 3.63) is 76.9 Å². The molecule has 0 N–H and O–H groups in total. The lowest BCUT2D eigenvalue weighted by molar-refractivity contribution is 0.0600. The molecule has 1 fully saturated rings. The van der Waals surface area contributed by atoms with Crippen molar-refractivity contribution in [2.75, 3.05) is 13.7 Å². The highest BCUT2D eigenvalue weighted by atomic mass is 35.5. The number of esters is 1. The van der Waals surface area contributed by atoms with E-state index in [0.717, 1.165) is 23.3 Å². The van der Waals surface area contributed by atoms with E-state index in [4.69, 9.17) is 25.8 Å². The molecule has 0 amide bonds. The molecule has 0 bridgehead atoms. The van der Waals surface area contributed by atoms with Crippen LogP contribution in [0, 0.1) is 5.92 Å². The van der Waals surface area contributed by atoms with Crippen LogP contribution in [0.3, 0.4) is 0 Å². The number of pyridine rings is 1. The second kappa shape index (κ2) is 9.18. The molecule has 0 spiro atoms. The summed E-state index contributed by atoms with van der Waals surface area (Å²) in [6.45, 7) is 1.10. The molecule has 154 valence electrons. The number of rotatable bonds is 8. The standard InChI is InChI=1S/C24H22ClNO4/c1-28-24(27)18-6-4-17(5-7-18)14-29-20-9-10-22(25)21(12-20)19-8-11-23(26-13-19)30-15-16-2-3-16/h4-13,16H,2-3,14-15H2,1H3. The Bertz CT molecular complexity index is 1010. The van der Waals surface area contributed by atoms with E-state index in [1.54, 1.807) is 18.3 Å². The summed E-state index contributed by atoms with van der Waals surface area (Å²) < 4.78 is 16.3. The number of ether oxygens (including phenoxy) is 3. The van der Waals surface area contributed by atoms with Crippen LogP contribution in [0.15, 0.2) is 60.8 Å². The maximum atomic E-state index is 11.5. The zero-order valence-electron chi connectivity index (χ0n) is 16.6. The highest BCUT2D eigenvalue weighted by Crippen LogP contribution is 2.33. The van der Waals surface area contributed by atoms with Crippen LogP contribution in [0.4, 0.5) is 0 Å². The smallest absolute Gasteiger partial charge is 0.337 e. The summed E-state index contributed by atoms with van der Waals surface area (Å²) in [5.74, 6) is 1.65. The number of carbonyl (C=O) groups is 1. The van der Waals surface area contributed by atoms with Gasteiger partial charge in [0.05, 0.1) is 19.3 Å². The number of halogens is 1. The average Bonchev–Trinajstić information content (AvgIpc) is 3.62. The molecule has 1 saturated carbocycles. The van der Waals surface area contributed by atoms with Gasteiger partial charge >= 0.3 is 5.97 Å². The minimum Gasteiger partial charge on any atom is -0.489 e. The van der Waals surface area contributed by atoms with Crippen molar-refractivity contribution < 1.29 is 19.0 Å². The second-order valence-corrected chi connectivity index (χ2v) is 7.67. The second-order valence-electron chi connectivity index (χ2n) is 7.26. The Labute approximate surface area is 180 Å². The molecule has 2 aromatic carbocycles. The maximum absolute atomic E-state index is 11.5. The van der Waals surface area contributed by atoms with E-state index >= 15 is 0 Å². The molecule has 5 nitrogen and oxygen atoms in total. The summed E-state index contributed by atoms with van der Waals surface area (Å²) in [5, 5.41) is 0.623. The minimum absolute atomic E-state index is 0.359.